The number of hydrogen-bond donors (Lipinski definition) is 2. The van der Waals surface area contributed by atoms with Gasteiger partial charge in [0, 0.05) is 6.42 Å². The van der Waals surface area contributed by atoms with Crippen molar-refractivity contribution in [3.8, 4) is 0 Å². The normalized spacial score (nSPS) is 11.1. The van der Waals surface area contributed by atoms with E-state index in [4.69, 9.17) is 11.6 Å². The van der Waals surface area contributed by atoms with Crippen LogP contribution in [0.1, 0.15) is 33.1 Å². The molecule has 0 aliphatic carbocycles. The summed E-state index contributed by atoms with van der Waals surface area (Å²) in [6.07, 6.45) is 0.677. The zero-order chi connectivity index (χ0) is 14.5. The summed E-state index contributed by atoms with van der Waals surface area (Å²) < 4.78 is 0. The molecule has 19 heavy (non-hydrogen) atoms. The lowest BCUT2D eigenvalue weighted by atomic mass is 9.79. The summed E-state index contributed by atoms with van der Waals surface area (Å²) in [4.78, 5) is 23.2. The first kappa shape index (κ1) is 15.4. The minimum Gasteiger partial charge on any atom is -0.481 e. The van der Waals surface area contributed by atoms with Crippen molar-refractivity contribution in [3.63, 3.8) is 0 Å². The van der Waals surface area contributed by atoms with Gasteiger partial charge in [-0.15, -0.1) is 10.2 Å². The summed E-state index contributed by atoms with van der Waals surface area (Å²) in [5.41, 5.74) is -1.04. The summed E-state index contributed by atoms with van der Waals surface area (Å²) in [6, 6.07) is 3.00. The average Bonchev–Trinajstić information content (AvgIpc) is 2.38. The Morgan fingerprint density at radius 3 is 2.37 bits per heavy atom. The van der Waals surface area contributed by atoms with Gasteiger partial charge in [0.25, 0.3) is 0 Å². The Bertz CT molecular complexity index is 458. The van der Waals surface area contributed by atoms with Gasteiger partial charge in [-0.2, -0.15) is 0 Å². The molecule has 0 bridgehead atoms. The zero-order valence-electron chi connectivity index (χ0n) is 10.8. The minimum absolute atomic E-state index is 0.0976. The van der Waals surface area contributed by atoms with Crippen LogP contribution in [-0.2, 0) is 9.59 Å². The number of nitrogens with one attached hydrogen (secondary N) is 1. The van der Waals surface area contributed by atoms with Crippen LogP contribution in [0.5, 0.6) is 0 Å². The molecule has 1 aromatic rings. The second kappa shape index (κ2) is 6.47. The number of carboxylic acids is 1. The lowest BCUT2D eigenvalue weighted by molar-refractivity contribution is -0.151. The molecule has 0 fully saturated rings. The number of aromatic nitrogens is 2. The number of amides is 1. The van der Waals surface area contributed by atoms with Crippen LogP contribution in [0.4, 0.5) is 5.82 Å². The fourth-order valence-electron chi connectivity index (χ4n) is 1.76. The highest BCUT2D eigenvalue weighted by atomic mass is 35.5. The smallest absolute Gasteiger partial charge is 0.310 e. The van der Waals surface area contributed by atoms with Crippen molar-refractivity contribution >= 4 is 29.3 Å². The van der Waals surface area contributed by atoms with Crippen LogP contribution in [0.2, 0.25) is 5.15 Å². The molecule has 0 saturated carbocycles. The predicted octanol–water partition coefficient (Wildman–Crippen LogP) is 2.35. The van der Waals surface area contributed by atoms with E-state index in [1.54, 1.807) is 13.8 Å². The van der Waals surface area contributed by atoms with E-state index < -0.39 is 17.3 Å². The maximum atomic E-state index is 11.9. The van der Waals surface area contributed by atoms with Crippen LogP contribution >= 0.6 is 11.6 Å². The fraction of sp³-hybridized carbons (Fsp3) is 0.500. The van der Waals surface area contributed by atoms with Gasteiger partial charge in [-0.3, -0.25) is 9.59 Å². The maximum Gasteiger partial charge on any atom is 0.310 e. The molecule has 2 N–H and O–H groups in total. The molecule has 0 atom stereocenters. The molecule has 0 aliphatic heterocycles. The highest BCUT2D eigenvalue weighted by Crippen LogP contribution is 2.31. The van der Waals surface area contributed by atoms with Crippen molar-refractivity contribution in [2.75, 3.05) is 5.32 Å². The summed E-state index contributed by atoms with van der Waals surface area (Å²) >= 11 is 5.58. The minimum atomic E-state index is -1.04. The summed E-state index contributed by atoms with van der Waals surface area (Å²) in [5.74, 6) is -1.11. The largest absolute Gasteiger partial charge is 0.481 e. The van der Waals surface area contributed by atoms with Crippen LogP contribution < -0.4 is 5.32 Å². The fourth-order valence-corrected chi connectivity index (χ4v) is 1.86. The number of carboxylic acid groups (broad SMARTS) is 1. The molecule has 1 aromatic heterocycles. The van der Waals surface area contributed by atoms with Crippen molar-refractivity contribution in [2.45, 2.75) is 33.1 Å². The van der Waals surface area contributed by atoms with Crippen LogP contribution in [0, 0.1) is 5.41 Å². The molecule has 0 saturated heterocycles. The van der Waals surface area contributed by atoms with Crippen molar-refractivity contribution < 1.29 is 14.7 Å². The molecular weight excluding hydrogens is 270 g/mol. The number of nitrogens with zero attached hydrogens (tertiary/aromatic N) is 2. The van der Waals surface area contributed by atoms with Crippen molar-refractivity contribution in [3.05, 3.63) is 17.3 Å². The molecule has 1 heterocycles. The van der Waals surface area contributed by atoms with E-state index in [2.05, 4.69) is 15.5 Å². The van der Waals surface area contributed by atoms with E-state index >= 15 is 0 Å². The molecular formula is C12H16ClN3O3. The van der Waals surface area contributed by atoms with Crippen molar-refractivity contribution in [1.29, 1.82) is 0 Å². The second-order valence-electron chi connectivity index (χ2n) is 4.26. The molecule has 0 aliphatic rings. The molecule has 0 spiro atoms. The first-order valence-electron chi connectivity index (χ1n) is 5.96. The van der Waals surface area contributed by atoms with E-state index in [1.807, 2.05) is 0 Å². The quantitative estimate of drug-likeness (QED) is 0.837. The van der Waals surface area contributed by atoms with Crippen molar-refractivity contribution in [2.24, 2.45) is 5.41 Å². The topological polar surface area (TPSA) is 92.2 Å². The van der Waals surface area contributed by atoms with Crippen LogP contribution in [0.25, 0.3) is 0 Å². The highest BCUT2D eigenvalue weighted by Gasteiger charge is 2.37. The van der Waals surface area contributed by atoms with Crippen LogP contribution in [-0.4, -0.2) is 27.2 Å². The van der Waals surface area contributed by atoms with E-state index in [9.17, 15) is 14.7 Å². The SMILES string of the molecule is CCC(CC)(CC(=O)Nc1ccc(Cl)nn1)C(=O)O. The van der Waals surface area contributed by atoms with E-state index in [-0.39, 0.29) is 17.4 Å². The Morgan fingerprint density at radius 1 is 1.32 bits per heavy atom. The van der Waals surface area contributed by atoms with Gasteiger partial charge in [0.2, 0.25) is 5.91 Å². The Balaban J connectivity index is 2.73. The molecule has 1 rings (SSSR count). The number of anilines is 1. The Labute approximate surface area is 116 Å². The highest BCUT2D eigenvalue weighted by molar-refractivity contribution is 6.29. The van der Waals surface area contributed by atoms with E-state index in [1.165, 1.54) is 12.1 Å². The lowest BCUT2D eigenvalue weighted by Gasteiger charge is -2.25. The van der Waals surface area contributed by atoms with Gasteiger partial charge in [0.15, 0.2) is 11.0 Å². The Hall–Kier alpha value is -1.69. The number of carbonyl (C=O) groups excluding carboxylic acids is 1. The average molecular weight is 286 g/mol. The predicted molar refractivity (Wildman–Crippen MR) is 70.9 cm³/mol. The van der Waals surface area contributed by atoms with E-state index in [0.29, 0.717) is 12.8 Å². The molecule has 6 nitrogen and oxygen atoms in total. The summed E-state index contributed by atoms with van der Waals surface area (Å²) in [7, 11) is 0. The third-order valence-corrected chi connectivity index (χ3v) is 3.41. The summed E-state index contributed by atoms with van der Waals surface area (Å²) in [5, 5.41) is 19.3. The molecule has 0 unspecified atom stereocenters. The number of aliphatic carboxylic acids is 1. The van der Waals surface area contributed by atoms with Crippen LogP contribution in [0.15, 0.2) is 12.1 Å². The molecule has 0 radical (unpaired) electrons. The molecule has 7 heteroatoms. The van der Waals surface area contributed by atoms with Gasteiger partial charge in [-0.05, 0) is 25.0 Å². The van der Waals surface area contributed by atoms with Crippen molar-refractivity contribution in [1.82, 2.24) is 10.2 Å². The first-order chi connectivity index (χ1) is 8.93. The summed E-state index contributed by atoms with van der Waals surface area (Å²) in [6.45, 7) is 3.51. The van der Waals surface area contributed by atoms with Gasteiger partial charge < -0.3 is 10.4 Å². The molecule has 0 aromatic carbocycles. The Morgan fingerprint density at radius 2 is 1.95 bits per heavy atom. The van der Waals surface area contributed by atoms with Gasteiger partial charge in [-0.1, -0.05) is 25.4 Å². The second-order valence-corrected chi connectivity index (χ2v) is 4.65. The zero-order valence-corrected chi connectivity index (χ0v) is 11.6. The van der Waals surface area contributed by atoms with Gasteiger partial charge in [0.1, 0.15) is 0 Å². The Kier molecular flexibility index (Phi) is 5.23. The standard InChI is InChI=1S/C12H16ClN3O3/c1-3-12(4-2,11(18)19)7-10(17)14-9-6-5-8(13)15-16-9/h5-6H,3-4,7H2,1-2H3,(H,18,19)(H,14,16,17). The first-order valence-corrected chi connectivity index (χ1v) is 6.34. The lowest BCUT2D eigenvalue weighted by Crippen LogP contribution is -2.34. The number of halogens is 1. The monoisotopic (exact) mass is 285 g/mol. The number of carbonyl (C=O) groups is 2. The van der Waals surface area contributed by atoms with Gasteiger partial charge in [0.05, 0.1) is 5.41 Å². The van der Waals surface area contributed by atoms with Gasteiger partial charge in [-0.25, -0.2) is 0 Å². The third kappa shape index (κ3) is 3.89. The van der Waals surface area contributed by atoms with Crippen LogP contribution in [0.3, 0.4) is 0 Å². The maximum absolute atomic E-state index is 11.9. The molecule has 1 amide bonds. The number of rotatable bonds is 6. The van der Waals surface area contributed by atoms with Gasteiger partial charge >= 0.3 is 5.97 Å². The number of hydrogen-bond acceptors (Lipinski definition) is 4. The molecule has 104 valence electrons. The third-order valence-electron chi connectivity index (χ3n) is 3.21. The van der Waals surface area contributed by atoms with E-state index in [0.717, 1.165) is 0 Å².